The first kappa shape index (κ1) is 17.3. The summed E-state index contributed by atoms with van der Waals surface area (Å²) in [7, 11) is -4.21. The smallest absolute Gasteiger partial charge is 0.279 e. The van der Waals surface area contributed by atoms with Crippen LogP contribution in [-0.2, 0) is 16.4 Å². The Balaban J connectivity index is 2.02. The van der Waals surface area contributed by atoms with E-state index < -0.39 is 27.3 Å². The van der Waals surface area contributed by atoms with Crippen LogP contribution in [0.25, 0.3) is 5.65 Å². The molecule has 0 radical (unpaired) electrons. The van der Waals surface area contributed by atoms with E-state index in [1.807, 2.05) is 4.72 Å². The number of nitriles is 1. The summed E-state index contributed by atoms with van der Waals surface area (Å²) >= 11 is 3.25. The third kappa shape index (κ3) is 3.33. The highest BCUT2D eigenvalue weighted by atomic mass is 79.9. The van der Waals surface area contributed by atoms with E-state index in [-0.39, 0.29) is 17.0 Å². The van der Waals surface area contributed by atoms with Crippen molar-refractivity contribution < 1.29 is 17.2 Å². The minimum atomic E-state index is -4.21. The maximum absolute atomic E-state index is 14.1. The van der Waals surface area contributed by atoms with Crippen LogP contribution in [0.3, 0.4) is 0 Å². The molecular formula is C15H9BrF2N4O2S. The molecular weight excluding hydrogens is 418 g/mol. The first-order chi connectivity index (χ1) is 11.8. The van der Waals surface area contributed by atoms with Gasteiger partial charge in [-0.25, -0.2) is 13.8 Å². The fraction of sp³-hybridized carbons (Fsp3) is 0.0667. The van der Waals surface area contributed by atoms with Crippen molar-refractivity contribution in [2.45, 2.75) is 11.4 Å². The van der Waals surface area contributed by atoms with Crippen molar-refractivity contribution >= 4 is 37.3 Å². The maximum atomic E-state index is 14.1. The zero-order valence-electron chi connectivity index (χ0n) is 12.4. The van der Waals surface area contributed by atoms with E-state index in [0.29, 0.717) is 16.2 Å². The van der Waals surface area contributed by atoms with Gasteiger partial charge in [0.1, 0.15) is 17.3 Å². The molecule has 0 spiro atoms. The van der Waals surface area contributed by atoms with Crippen molar-refractivity contribution in [2.75, 3.05) is 4.72 Å². The molecule has 0 bridgehead atoms. The van der Waals surface area contributed by atoms with Gasteiger partial charge in [-0.1, -0.05) is 15.9 Å². The number of fused-ring (bicyclic) bond motifs is 1. The lowest BCUT2D eigenvalue weighted by Gasteiger charge is -2.10. The molecule has 0 atom stereocenters. The van der Waals surface area contributed by atoms with Crippen LogP contribution in [0.4, 0.5) is 14.5 Å². The summed E-state index contributed by atoms with van der Waals surface area (Å²) in [4.78, 5) is 3.98. The lowest BCUT2D eigenvalue weighted by molar-refractivity contribution is 0.587. The zero-order chi connectivity index (χ0) is 18.2. The fourth-order valence-electron chi connectivity index (χ4n) is 2.22. The molecule has 3 rings (SSSR count). The van der Waals surface area contributed by atoms with Gasteiger partial charge in [-0.05, 0) is 18.2 Å². The van der Waals surface area contributed by atoms with Gasteiger partial charge in [-0.2, -0.15) is 13.7 Å². The lowest BCUT2D eigenvalue weighted by Crippen LogP contribution is -2.16. The molecule has 2 aromatic heterocycles. The number of imidazole rings is 1. The van der Waals surface area contributed by atoms with Gasteiger partial charge in [0.15, 0.2) is 5.03 Å². The van der Waals surface area contributed by atoms with Gasteiger partial charge in [0, 0.05) is 22.3 Å². The van der Waals surface area contributed by atoms with Crippen LogP contribution in [0.1, 0.15) is 5.56 Å². The zero-order valence-corrected chi connectivity index (χ0v) is 14.8. The number of pyridine rings is 1. The maximum Gasteiger partial charge on any atom is 0.279 e. The van der Waals surface area contributed by atoms with Crippen LogP contribution in [0.5, 0.6) is 0 Å². The van der Waals surface area contributed by atoms with E-state index in [9.17, 15) is 17.2 Å². The number of anilines is 1. The van der Waals surface area contributed by atoms with Crippen LogP contribution in [-0.4, -0.2) is 17.8 Å². The Morgan fingerprint density at radius 2 is 2.04 bits per heavy atom. The number of nitrogens with one attached hydrogen (secondary N) is 1. The van der Waals surface area contributed by atoms with Crippen LogP contribution in [0.2, 0.25) is 0 Å². The first-order valence-corrected chi connectivity index (χ1v) is 9.10. The number of nitrogens with zero attached hydrogens (tertiary/aromatic N) is 3. The second-order valence-electron chi connectivity index (χ2n) is 5.03. The second-order valence-corrected chi connectivity index (χ2v) is 7.58. The molecule has 0 aliphatic carbocycles. The van der Waals surface area contributed by atoms with E-state index in [1.54, 1.807) is 18.2 Å². The molecule has 0 saturated heterocycles. The summed E-state index contributed by atoms with van der Waals surface area (Å²) in [5.74, 6) is -1.85. The Morgan fingerprint density at radius 3 is 2.76 bits per heavy atom. The molecule has 1 aromatic carbocycles. The Labute approximate surface area is 149 Å². The number of halogens is 3. The largest absolute Gasteiger partial charge is 0.289 e. The second kappa shape index (κ2) is 6.42. The highest BCUT2D eigenvalue weighted by Gasteiger charge is 2.22. The molecule has 25 heavy (non-hydrogen) atoms. The van der Waals surface area contributed by atoms with Crippen molar-refractivity contribution in [2.24, 2.45) is 0 Å². The molecule has 10 heteroatoms. The number of aromatic nitrogens is 2. The molecule has 6 nitrogen and oxygen atoms in total. The van der Waals surface area contributed by atoms with Crippen LogP contribution in [0.15, 0.2) is 46.2 Å². The minimum Gasteiger partial charge on any atom is -0.289 e. The molecule has 2 heterocycles. The Bertz CT molecular complexity index is 1120. The van der Waals surface area contributed by atoms with Crippen LogP contribution in [0, 0.1) is 23.0 Å². The SMILES string of the molecule is N#CCc1cc(F)c(NS(=O)(=O)c2cnc3cc(Br)ccn23)cc1F. The van der Waals surface area contributed by atoms with Gasteiger partial charge < -0.3 is 0 Å². The molecule has 0 amide bonds. The van der Waals surface area contributed by atoms with Crippen molar-refractivity contribution in [1.29, 1.82) is 5.26 Å². The molecule has 128 valence electrons. The molecule has 0 aliphatic heterocycles. The van der Waals surface area contributed by atoms with E-state index in [1.165, 1.54) is 10.6 Å². The summed E-state index contributed by atoms with van der Waals surface area (Å²) in [6.45, 7) is 0. The average molecular weight is 427 g/mol. The topological polar surface area (TPSA) is 87.3 Å². The van der Waals surface area contributed by atoms with Crippen LogP contribution >= 0.6 is 15.9 Å². The van der Waals surface area contributed by atoms with Crippen molar-refractivity contribution in [3.63, 3.8) is 0 Å². The van der Waals surface area contributed by atoms with E-state index in [4.69, 9.17) is 5.26 Å². The van der Waals surface area contributed by atoms with Gasteiger partial charge in [0.05, 0.1) is 24.4 Å². The molecule has 0 saturated carbocycles. The quantitative estimate of drug-likeness (QED) is 0.693. The van der Waals surface area contributed by atoms with Crippen molar-refractivity contribution in [3.05, 3.63) is 58.3 Å². The van der Waals surface area contributed by atoms with E-state index >= 15 is 0 Å². The van der Waals surface area contributed by atoms with E-state index in [2.05, 4.69) is 20.9 Å². The van der Waals surface area contributed by atoms with Gasteiger partial charge in [-0.15, -0.1) is 0 Å². The molecule has 3 aromatic rings. The van der Waals surface area contributed by atoms with Gasteiger partial charge in [0.2, 0.25) is 0 Å². The highest BCUT2D eigenvalue weighted by molar-refractivity contribution is 9.10. The fourth-order valence-corrected chi connectivity index (χ4v) is 3.69. The van der Waals surface area contributed by atoms with Gasteiger partial charge >= 0.3 is 0 Å². The van der Waals surface area contributed by atoms with Gasteiger partial charge in [0.25, 0.3) is 10.0 Å². The number of rotatable bonds is 4. The standard InChI is InChI=1S/C15H9BrF2N4O2S/c16-10-2-4-22-14(6-10)20-8-15(22)25(23,24)21-13-7-11(17)9(1-3-19)5-12(13)18/h2,4-8,21H,1H2. The Kier molecular flexibility index (Phi) is 4.45. The number of benzene rings is 1. The number of hydrogen-bond donors (Lipinski definition) is 1. The predicted molar refractivity (Wildman–Crippen MR) is 89.4 cm³/mol. The molecule has 0 aliphatic rings. The number of sulfonamides is 1. The summed E-state index contributed by atoms with van der Waals surface area (Å²) in [6.07, 6.45) is 2.27. The lowest BCUT2D eigenvalue weighted by atomic mass is 10.1. The molecule has 1 N–H and O–H groups in total. The summed E-state index contributed by atoms with van der Waals surface area (Å²) in [6, 6.07) is 6.43. The number of hydrogen-bond acceptors (Lipinski definition) is 4. The van der Waals surface area contributed by atoms with E-state index in [0.717, 1.165) is 12.3 Å². The summed E-state index contributed by atoms with van der Waals surface area (Å²) in [5.41, 5.74) is -0.334. The molecule has 0 unspecified atom stereocenters. The Hall–Kier alpha value is -2.51. The highest BCUT2D eigenvalue weighted by Crippen LogP contribution is 2.24. The average Bonchev–Trinajstić information content (AvgIpc) is 2.96. The van der Waals surface area contributed by atoms with Gasteiger partial charge in [-0.3, -0.25) is 9.12 Å². The monoisotopic (exact) mass is 426 g/mol. The predicted octanol–water partition coefficient (Wildman–Crippen LogP) is 3.24. The third-order valence-corrected chi connectivity index (χ3v) is 5.20. The third-order valence-electron chi connectivity index (χ3n) is 3.37. The first-order valence-electron chi connectivity index (χ1n) is 6.82. The van der Waals surface area contributed by atoms with Crippen molar-refractivity contribution in [1.82, 2.24) is 9.38 Å². The molecule has 0 fully saturated rings. The Morgan fingerprint density at radius 1 is 1.28 bits per heavy atom. The van der Waals surface area contributed by atoms with Crippen molar-refractivity contribution in [3.8, 4) is 6.07 Å². The summed E-state index contributed by atoms with van der Waals surface area (Å²) in [5, 5.41) is 8.35. The van der Waals surface area contributed by atoms with Crippen LogP contribution < -0.4 is 4.72 Å². The summed E-state index contributed by atoms with van der Waals surface area (Å²) < 4.78 is 57.0. The normalized spacial score (nSPS) is 11.4. The minimum absolute atomic E-state index is 0.150.